The van der Waals surface area contributed by atoms with Gasteiger partial charge in [-0.3, -0.25) is 0 Å². The lowest BCUT2D eigenvalue weighted by Crippen LogP contribution is -2.42. The predicted molar refractivity (Wildman–Crippen MR) is 121 cm³/mol. The molecule has 7 nitrogen and oxygen atoms in total. The first kappa shape index (κ1) is 22.6. The van der Waals surface area contributed by atoms with Gasteiger partial charge in [-0.05, 0) is 71.1 Å². The van der Waals surface area contributed by atoms with Crippen LogP contribution in [0.1, 0.15) is 73.1 Å². The molecule has 0 radical (unpaired) electrons. The minimum Gasteiger partial charge on any atom is -0.444 e. The monoisotopic (exact) mass is 417 g/mol. The summed E-state index contributed by atoms with van der Waals surface area (Å²) in [6, 6.07) is 0.545. The zero-order chi connectivity index (χ0) is 21.7. The zero-order valence-corrected chi connectivity index (χ0v) is 19.3. The van der Waals surface area contributed by atoms with Crippen molar-refractivity contribution in [1.29, 1.82) is 0 Å². The maximum absolute atomic E-state index is 11.9. The SMILES string of the molecule is CC(C)C1CCN(c2cnc(NC3CCC(NC(=O)OC(C)(C)C)CC3)cn2)CC1. The highest BCUT2D eigenvalue weighted by atomic mass is 16.6. The van der Waals surface area contributed by atoms with E-state index in [1.54, 1.807) is 0 Å². The fraction of sp³-hybridized carbons (Fsp3) is 0.783. The van der Waals surface area contributed by atoms with Gasteiger partial charge in [0.2, 0.25) is 0 Å². The topological polar surface area (TPSA) is 79.4 Å². The van der Waals surface area contributed by atoms with Crippen LogP contribution in [0, 0.1) is 11.8 Å². The number of ether oxygens (including phenoxy) is 1. The number of hydrogen-bond acceptors (Lipinski definition) is 6. The number of rotatable bonds is 5. The number of aromatic nitrogens is 2. The lowest BCUT2D eigenvalue weighted by atomic mass is 9.87. The second-order valence-electron chi connectivity index (χ2n) is 10.2. The van der Waals surface area contributed by atoms with Gasteiger partial charge in [-0.25, -0.2) is 14.8 Å². The van der Waals surface area contributed by atoms with Crippen molar-refractivity contribution in [2.75, 3.05) is 23.3 Å². The molecule has 0 atom stereocenters. The molecule has 0 bridgehead atoms. The molecule has 1 saturated heterocycles. The Bertz CT molecular complexity index is 670. The van der Waals surface area contributed by atoms with Crippen LogP contribution in [-0.2, 0) is 4.74 Å². The number of hydrogen-bond donors (Lipinski definition) is 2. The van der Waals surface area contributed by atoms with Gasteiger partial charge in [0.1, 0.15) is 17.2 Å². The number of nitrogens with one attached hydrogen (secondary N) is 2. The van der Waals surface area contributed by atoms with Crippen molar-refractivity contribution in [2.24, 2.45) is 11.8 Å². The third-order valence-electron chi connectivity index (χ3n) is 6.24. The average molecular weight is 418 g/mol. The molecule has 30 heavy (non-hydrogen) atoms. The third kappa shape index (κ3) is 6.74. The van der Waals surface area contributed by atoms with E-state index in [1.165, 1.54) is 12.8 Å². The standard InChI is InChI=1S/C23H39N5O2/c1-16(2)17-10-12-28(13-11-17)21-15-24-20(14-25-21)26-18-6-8-19(9-7-18)27-22(29)30-23(3,4)5/h14-19H,6-13H2,1-5H3,(H,24,26)(H,27,29). The molecule has 3 rings (SSSR count). The molecule has 1 aromatic rings. The summed E-state index contributed by atoms with van der Waals surface area (Å²) < 4.78 is 5.35. The number of alkyl carbamates (subject to hydrolysis) is 1. The van der Waals surface area contributed by atoms with Crippen LogP contribution in [0.2, 0.25) is 0 Å². The van der Waals surface area contributed by atoms with E-state index in [-0.39, 0.29) is 12.1 Å². The largest absolute Gasteiger partial charge is 0.444 e. The molecular weight excluding hydrogens is 378 g/mol. The molecular formula is C23H39N5O2. The Balaban J connectivity index is 1.41. The fourth-order valence-electron chi connectivity index (χ4n) is 4.42. The molecule has 1 aliphatic heterocycles. The number of piperidine rings is 1. The van der Waals surface area contributed by atoms with E-state index in [1.807, 2.05) is 33.2 Å². The smallest absolute Gasteiger partial charge is 0.407 e. The van der Waals surface area contributed by atoms with E-state index >= 15 is 0 Å². The molecule has 2 aliphatic rings. The van der Waals surface area contributed by atoms with Crippen LogP contribution in [0.4, 0.5) is 16.4 Å². The average Bonchev–Trinajstić information content (AvgIpc) is 2.69. The minimum absolute atomic E-state index is 0.181. The maximum Gasteiger partial charge on any atom is 0.407 e. The Kier molecular flexibility index (Phi) is 7.42. The van der Waals surface area contributed by atoms with Gasteiger partial charge in [-0.15, -0.1) is 0 Å². The van der Waals surface area contributed by atoms with Crippen LogP contribution in [-0.4, -0.2) is 46.8 Å². The molecule has 2 heterocycles. The van der Waals surface area contributed by atoms with Crippen LogP contribution in [0.15, 0.2) is 12.4 Å². The summed E-state index contributed by atoms with van der Waals surface area (Å²) >= 11 is 0. The Hall–Kier alpha value is -2.05. The first-order valence-corrected chi connectivity index (χ1v) is 11.5. The highest BCUT2D eigenvalue weighted by Gasteiger charge is 2.25. The Morgan fingerprint density at radius 2 is 1.67 bits per heavy atom. The summed E-state index contributed by atoms with van der Waals surface area (Å²) in [5.74, 6) is 3.40. The second-order valence-corrected chi connectivity index (χ2v) is 10.2. The van der Waals surface area contributed by atoms with Gasteiger partial charge < -0.3 is 20.3 Å². The Labute approximate surface area is 181 Å². The van der Waals surface area contributed by atoms with E-state index < -0.39 is 5.60 Å². The van der Waals surface area contributed by atoms with E-state index in [2.05, 4.69) is 39.3 Å². The summed E-state index contributed by atoms with van der Waals surface area (Å²) in [6.07, 6.45) is 9.76. The summed E-state index contributed by atoms with van der Waals surface area (Å²) in [6.45, 7) is 12.4. The van der Waals surface area contributed by atoms with E-state index in [0.29, 0.717) is 6.04 Å². The van der Waals surface area contributed by atoms with Gasteiger partial charge in [0.05, 0.1) is 12.4 Å². The van der Waals surface area contributed by atoms with E-state index in [0.717, 1.165) is 62.2 Å². The summed E-state index contributed by atoms with van der Waals surface area (Å²) in [5.41, 5.74) is -0.460. The van der Waals surface area contributed by atoms with Crippen LogP contribution >= 0.6 is 0 Å². The molecule has 1 amide bonds. The van der Waals surface area contributed by atoms with Crippen LogP contribution in [0.25, 0.3) is 0 Å². The molecule has 0 spiro atoms. The third-order valence-corrected chi connectivity index (χ3v) is 6.24. The first-order chi connectivity index (χ1) is 14.2. The highest BCUT2D eigenvalue weighted by Crippen LogP contribution is 2.27. The molecule has 0 unspecified atom stereocenters. The van der Waals surface area contributed by atoms with Crippen molar-refractivity contribution in [3.8, 4) is 0 Å². The van der Waals surface area contributed by atoms with Gasteiger partial charge in [-0.2, -0.15) is 0 Å². The molecule has 1 saturated carbocycles. The lowest BCUT2D eigenvalue weighted by Gasteiger charge is -2.34. The van der Waals surface area contributed by atoms with Gasteiger partial charge in [0, 0.05) is 25.2 Å². The molecule has 168 valence electrons. The van der Waals surface area contributed by atoms with Crippen molar-refractivity contribution >= 4 is 17.7 Å². The molecule has 0 aromatic carbocycles. The van der Waals surface area contributed by atoms with E-state index in [4.69, 9.17) is 4.74 Å². The van der Waals surface area contributed by atoms with Crippen LogP contribution < -0.4 is 15.5 Å². The molecule has 1 aromatic heterocycles. The first-order valence-electron chi connectivity index (χ1n) is 11.5. The quantitative estimate of drug-likeness (QED) is 0.729. The van der Waals surface area contributed by atoms with Crippen LogP contribution in [0.3, 0.4) is 0 Å². The van der Waals surface area contributed by atoms with Crippen LogP contribution in [0.5, 0.6) is 0 Å². The number of anilines is 2. The molecule has 1 aliphatic carbocycles. The van der Waals surface area contributed by atoms with Crippen molar-refractivity contribution in [3.63, 3.8) is 0 Å². The van der Waals surface area contributed by atoms with Gasteiger partial charge >= 0.3 is 6.09 Å². The van der Waals surface area contributed by atoms with Gasteiger partial charge in [0.15, 0.2) is 0 Å². The molecule has 2 fully saturated rings. The second kappa shape index (κ2) is 9.84. The predicted octanol–water partition coefficient (Wildman–Crippen LogP) is 4.60. The van der Waals surface area contributed by atoms with Gasteiger partial charge in [0.25, 0.3) is 0 Å². The minimum atomic E-state index is -0.460. The summed E-state index contributed by atoms with van der Waals surface area (Å²) in [4.78, 5) is 23.6. The lowest BCUT2D eigenvalue weighted by molar-refractivity contribution is 0.0492. The summed E-state index contributed by atoms with van der Waals surface area (Å²) in [5, 5.41) is 6.50. The fourth-order valence-corrected chi connectivity index (χ4v) is 4.42. The Morgan fingerprint density at radius 1 is 1.03 bits per heavy atom. The molecule has 2 N–H and O–H groups in total. The number of carbonyl (C=O) groups excluding carboxylic acids is 1. The van der Waals surface area contributed by atoms with Crippen molar-refractivity contribution < 1.29 is 9.53 Å². The maximum atomic E-state index is 11.9. The number of carbonyl (C=O) groups is 1. The van der Waals surface area contributed by atoms with Gasteiger partial charge in [-0.1, -0.05) is 13.8 Å². The summed E-state index contributed by atoms with van der Waals surface area (Å²) in [7, 11) is 0. The normalized spacial score (nSPS) is 23.3. The van der Waals surface area contributed by atoms with E-state index in [9.17, 15) is 4.79 Å². The zero-order valence-electron chi connectivity index (χ0n) is 19.3. The van der Waals surface area contributed by atoms with Crippen molar-refractivity contribution in [2.45, 2.75) is 90.8 Å². The van der Waals surface area contributed by atoms with Crippen molar-refractivity contribution in [1.82, 2.24) is 15.3 Å². The number of nitrogens with zero attached hydrogens (tertiary/aromatic N) is 3. The Morgan fingerprint density at radius 3 is 2.20 bits per heavy atom. The number of amides is 1. The van der Waals surface area contributed by atoms with Crippen molar-refractivity contribution in [3.05, 3.63) is 12.4 Å². The highest BCUT2D eigenvalue weighted by molar-refractivity contribution is 5.68. The molecule has 7 heteroatoms.